The fourth-order valence-electron chi connectivity index (χ4n) is 2.16. The molecular weight excluding hydrogens is 270 g/mol. The monoisotopic (exact) mass is 291 g/mol. The molecule has 0 fully saturated rings. The summed E-state index contributed by atoms with van der Waals surface area (Å²) in [5.41, 5.74) is 3.46. The zero-order valence-corrected chi connectivity index (χ0v) is 12.8. The van der Waals surface area contributed by atoms with Crippen molar-refractivity contribution in [2.24, 2.45) is 0 Å². The van der Waals surface area contributed by atoms with Gasteiger partial charge in [0.2, 0.25) is 0 Å². The smallest absolute Gasteiger partial charge is 0.304 e. The summed E-state index contributed by atoms with van der Waals surface area (Å²) in [5, 5.41) is 5.19. The molecule has 2 aromatic rings. The Labute approximate surface area is 123 Å². The van der Waals surface area contributed by atoms with Crippen molar-refractivity contribution in [1.82, 2.24) is 10.3 Å². The van der Waals surface area contributed by atoms with E-state index in [4.69, 9.17) is 0 Å². The Balaban J connectivity index is 1.86. The van der Waals surface area contributed by atoms with Crippen LogP contribution in [0.5, 0.6) is 0 Å². The molecule has 1 aromatic heterocycles. The lowest BCUT2D eigenvalue weighted by Gasteiger charge is -2.21. The minimum atomic E-state index is 0.00498. The Hall–Kier alpha value is -1.59. The summed E-state index contributed by atoms with van der Waals surface area (Å²) in [6, 6.07) is 8.63. The second kappa shape index (κ2) is 7.26. The van der Waals surface area contributed by atoms with Gasteiger partial charge in [0.15, 0.2) is 0 Å². The van der Waals surface area contributed by atoms with Crippen LogP contribution in [-0.2, 0) is 13.1 Å². The number of nitrogens with one attached hydrogen (secondary N) is 2. The maximum atomic E-state index is 11.0. The first kappa shape index (κ1) is 14.8. The quantitative estimate of drug-likeness (QED) is 0.824. The molecule has 0 aliphatic carbocycles. The van der Waals surface area contributed by atoms with E-state index in [1.54, 1.807) is 0 Å². The van der Waals surface area contributed by atoms with Crippen molar-refractivity contribution in [3.63, 3.8) is 0 Å². The van der Waals surface area contributed by atoms with E-state index in [-0.39, 0.29) is 4.87 Å². The molecule has 108 valence electrons. The largest absolute Gasteiger partial charge is 0.372 e. The normalized spacial score (nSPS) is 10.7. The molecule has 0 unspecified atom stereocenters. The van der Waals surface area contributed by atoms with Crippen LogP contribution in [0.1, 0.15) is 25.1 Å². The molecule has 1 aromatic carbocycles. The lowest BCUT2D eigenvalue weighted by atomic mass is 10.2. The molecule has 0 bridgehead atoms. The molecule has 20 heavy (non-hydrogen) atoms. The minimum absolute atomic E-state index is 0.00498. The summed E-state index contributed by atoms with van der Waals surface area (Å²) in [4.78, 5) is 16.1. The third-order valence-electron chi connectivity index (χ3n) is 3.28. The minimum Gasteiger partial charge on any atom is -0.372 e. The van der Waals surface area contributed by atoms with E-state index in [1.165, 1.54) is 22.6 Å². The first-order chi connectivity index (χ1) is 9.72. The molecule has 0 spiro atoms. The molecule has 0 aliphatic rings. The Morgan fingerprint density at radius 2 is 1.85 bits per heavy atom. The van der Waals surface area contributed by atoms with Crippen molar-refractivity contribution in [3.05, 3.63) is 50.6 Å². The molecule has 0 saturated heterocycles. The second-order valence-corrected chi connectivity index (χ2v) is 5.46. The molecule has 5 heteroatoms. The molecule has 1 heterocycles. The van der Waals surface area contributed by atoms with Gasteiger partial charge >= 0.3 is 4.87 Å². The maximum Gasteiger partial charge on any atom is 0.304 e. The van der Waals surface area contributed by atoms with E-state index in [2.05, 4.69) is 53.3 Å². The highest BCUT2D eigenvalue weighted by Gasteiger charge is 2.01. The number of benzene rings is 1. The van der Waals surface area contributed by atoms with E-state index in [9.17, 15) is 4.79 Å². The first-order valence-corrected chi connectivity index (χ1v) is 7.82. The number of hydrogen-bond donors (Lipinski definition) is 2. The number of aromatic nitrogens is 1. The number of hydrogen-bond acceptors (Lipinski definition) is 4. The van der Waals surface area contributed by atoms with Crippen LogP contribution in [0.25, 0.3) is 0 Å². The van der Waals surface area contributed by atoms with Crippen LogP contribution in [0.15, 0.2) is 34.4 Å². The lowest BCUT2D eigenvalue weighted by molar-refractivity contribution is 0.681. The van der Waals surface area contributed by atoms with Gasteiger partial charge in [-0.2, -0.15) is 0 Å². The highest BCUT2D eigenvalue weighted by atomic mass is 32.1. The fraction of sp³-hybridized carbons (Fsp3) is 0.400. The first-order valence-electron chi connectivity index (χ1n) is 6.94. The van der Waals surface area contributed by atoms with E-state index >= 15 is 0 Å². The third kappa shape index (κ3) is 3.95. The molecule has 4 nitrogen and oxygen atoms in total. The SMILES string of the molecule is CCN(CC)c1ccc(CNCc2csc(=O)[nH]2)cc1. The van der Waals surface area contributed by atoms with Crippen molar-refractivity contribution in [2.45, 2.75) is 26.9 Å². The number of aromatic amines is 1. The van der Waals surface area contributed by atoms with Gasteiger partial charge in [-0.15, -0.1) is 0 Å². The van der Waals surface area contributed by atoms with Crippen LogP contribution in [0.2, 0.25) is 0 Å². The Morgan fingerprint density at radius 3 is 2.40 bits per heavy atom. The van der Waals surface area contributed by atoms with Gasteiger partial charge in [-0.3, -0.25) is 4.79 Å². The van der Waals surface area contributed by atoms with Crippen molar-refractivity contribution in [3.8, 4) is 0 Å². The number of anilines is 1. The van der Waals surface area contributed by atoms with Gasteiger partial charge in [0.1, 0.15) is 0 Å². The number of nitrogens with zero attached hydrogens (tertiary/aromatic N) is 1. The van der Waals surface area contributed by atoms with Gasteiger partial charge in [-0.05, 0) is 31.5 Å². The predicted octanol–water partition coefficient (Wildman–Crippen LogP) is 2.57. The average molecular weight is 291 g/mol. The van der Waals surface area contributed by atoms with Crippen LogP contribution >= 0.6 is 11.3 Å². The fourth-order valence-corrected chi connectivity index (χ4v) is 2.74. The number of thiazole rings is 1. The van der Waals surface area contributed by atoms with E-state index in [0.29, 0.717) is 6.54 Å². The van der Waals surface area contributed by atoms with Gasteiger partial charge < -0.3 is 15.2 Å². The van der Waals surface area contributed by atoms with Crippen LogP contribution in [0, 0.1) is 0 Å². The van der Waals surface area contributed by atoms with Crippen molar-refractivity contribution >= 4 is 17.0 Å². The van der Waals surface area contributed by atoms with Gasteiger partial charge in [-0.1, -0.05) is 23.5 Å². The number of H-pyrrole nitrogens is 1. The summed E-state index contributed by atoms with van der Waals surface area (Å²) < 4.78 is 0. The van der Waals surface area contributed by atoms with Gasteiger partial charge in [0.05, 0.1) is 0 Å². The molecule has 0 aliphatic heterocycles. The average Bonchev–Trinajstić information content (AvgIpc) is 2.87. The second-order valence-electron chi connectivity index (χ2n) is 4.62. The van der Waals surface area contributed by atoms with E-state index in [0.717, 1.165) is 25.3 Å². The van der Waals surface area contributed by atoms with Crippen molar-refractivity contribution in [1.29, 1.82) is 0 Å². The Bertz CT molecular complexity index is 569. The molecular formula is C15H21N3OS. The van der Waals surface area contributed by atoms with E-state index in [1.807, 2.05) is 5.38 Å². The topological polar surface area (TPSA) is 48.1 Å². The van der Waals surface area contributed by atoms with Crippen LogP contribution in [-0.4, -0.2) is 18.1 Å². The molecule has 0 amide bonds. The highest BCUT2D eigenvalue weighted by Crippen LogP contribution is 2.14. The molecule has 2 N–H and O–H groups in total. The summed E-state index contributed by atoms with van der Waals surface area (Å²) in [6.45, 7) is 7.88. The number of rotatable bonds is 7. The highest BCUT2D eigenvalue weighted by molar-refractivity contribution is 7.07. The zero-order valence-electron chi connectivity index (χ0n) is 12.0. The van der Waals surface area contributed by atoms with Gasteiger partial charge in [-0.25, -0.2) is 0 Å². The summed E-state index contributed by atoms with van der Waals surface area (Å²) in [6.07, 6.45) is 0. The molecule has 0 radical (unpaired) electrons. The van der Waals surface area contributed by atoms with Crippen LogP contribution < -0.4 is 15.1 Å². The van der Waals surface area contributed by atoms with Gasteiger partial charge in [0.25, 0.3) is 0 Å². The van der Waals surface area contributed by atoms with Crippen LogP contribution in [0.3, 0.4) is 0 Å². The van der Waals surface area contributed by atoms with Crippen molar-refractivity contribution in [2.75, 3.05) is 18.0 Å². The van der Waals surface area contributed by atoms with E-state index < -0.39 is 0 Å². The predicted molar refractivity (Wildman–Crippen MR) is 85.5 cm³/mol. The van der Waals surface area contributed by atoms with Gasteiger partial charge in [0, 0.05) is 42.9 Å². The maximum absolute atomic E-state index is 11.0. The Morgan fingerprint density at radius 1 is 1.15 bits per heavy atom. The summed E-state index contributed by atoms with van der Waals surface area (Å²) in [7, 11) is 0. The van der Waals surface area contributed by atoms with Crippen molar-refractivity contribution < 1.29 is 0 Å². The Kier molecular flexibility index (Phi) is 5.38. The summed E-state index contributed by atoms with van der Waals surface area (Å²) in [5.74, 6) is 0. The standard InChI is InChI=1S/C15H21N3OS/c1-3-18(4-2)14-7-5-12(6-8-14)9-16-10-13-11-20-15(19)17-13/h5-8,11,16H,3-4,9-10H2,1-2H3,(H,17,19). The molecule has 2 rings (SSSR count). The third-order valence-corrected chi connectivity index (χ3v) is 4.00. The zero-order chi connectivity index (χ0) is 14.4. The van der Waals surface area contributed by atoms with Crippen LogP contribution in [0.4, 0.5) is 5.69 Å². The summed E-state index contributed by atoms with van der Waals surface area (Å²) >= 11 is 1.20. The lowest BCUT2D eigenvalue weighted by Crippen LogP contribution is -2.21. The molecule has 0 atom stereocenters. The molecule has 0 saturated carbocycles.